The van der Waals surface area contributed by atoms with Gasteiger partial charge in [0.15, 0.2) is 0 Å². The second-order valence-electron chi connectivity index (χ2n) is 4.25. The average Bonchev–Trinajstić information content (AvgIpc) is 2.45. The van der Waals surface area contributed by atoms with Gasteiger partial charge in [-0.25, -0.2) is 0 Å². The first-order valence-electron chi connectivity index (χ1n) is 6.23. The molecule has 19 heavy (non-hydrogen) atoms. The van der Waals surface area contributed by atoms with Crippen molar-refractivity contribution in [1.29, 1.82) is 0 Å². The van der Waals surface area contributed by atoms with Crippen LogP contribution in [0.3, 0.4) is 0 Å². The van der Waals surface area contributed by atoms with Crippen LogP contribution in [0, 0.1) is 0 Å². The molecule has 98 valence electrons. The van der Waals surface area contributed by atoms with E-state index in [1.54, 1.807) is 11.8 Å². The van der Waals surface area contributed by atoms with Crippen molar-refractivity contribution in [3.63, 3.8) is 0 Å². The lowest BCUT2D eigenvalue weighted by atomic mass is 9.97. The quantitative estimate of drug-likeness (QED) is 0.806. The van der Waals surface area contributed by atoms with Gasteiger partial charge in [0, 0.05) is 4.90 Å². The predicted octanol–water partition coefficient (Wildman–Crippen LogP) is 4.04. The molecule has 1 atom stereocenters. The normalized spacial score (nSPS) is 12.0. The number of hydrogen-bond acceptors (Lipinski definition) is 2. The van der Waals surface area contributed by atoms with E-state index in [0.29, 0.717) is 6.42 Å². The van der Waals surface area contributed by atoms with Crippen LogP contribution in [0.5, 0.6) is 0 Å². The molecule has 0 amide bonds. The Morgan fingerprint density at radius 2 is 1.58 bits per heavy atom. The third-order valence-corrected chi connectivity index (χ3v) is 3.96. The zero-order valence-electron chi connectivity index (χ0n) is 10.5. The van der Waals surface area contributed by atoms with Crippen LogP contribution in [0.1, 0.15) is 17.9 Å². The lowest BCUT2D eigenvalue weighted by Crippen LogP contribution is -2.12. The molecule has 0 aromatic heterocycles. The molecular weight excluding hydrogens is 256 g/mol. The molecule has 2 aromatic rings. The molecule has 0 fully saturated rings. The number of thioether (sulfide) groups is 1. The summed E-state index contributed by atoms with van der Waals surface area (Å²) in [7, 11) is 0. The predicted molar refractivity (Wildman–Crippen MR) is 78.6 cm³/mol. The van der Waals surface area contributed by atoms with Gasteiger partial charge < -0.3 is 5.11 Å². The topological polar surface area (TPSA) is 37.3 Å². The summed E-state index contributed by atoms with van der Waals surface area (Å²) >= 11 is 1.70. The van der Waals surface area contributed by atoms with Crippen LogP contribution >= 0.6 is 11.8 Å². The van der Waals surface area contributed by atoms with Crippen molar-refractivity contribution in [3.8, 4) is 0 Å². The van der Waals surface area contributed by atoms with E-state index in [1.165, 1.54) is 4.90 Å². The highest BCUT2D eigenvalue weighted by molar-refractivity contribution is 7.99. The lowest BCUT2D eigenvalue weighted by Gasteiger charge is -2.12. The van der Waals surface area contributed by atoms with E-state index in [4.69, 9.17) is 0 Å². The monoisotopic (exact) mass is 272 g/mol. The van der Waals surface area contributed by atoms with Gasteiger partial charge in [-0.05, 0) is 29.9 Å². The van der Waals surface area contributed by atoms with Crippen LogP contribution in [-0.4, -0.2) is 16.8 Å². The molecule has 0 saturated carbocycles. The summed E-state index contributed by atoms with van der Waals surface area (Å²) in [5, 5.41) is 9.31. The number of benzene rings is 2. The first kappa shape index (κ1) is 13.7. The molecule has 0 aliphatic rings. The number of carboxylic acids is 1. The van der Waals surface area contributed by atoms with Gasteiger partial charge in [0.05, 0.1) is 5.92 Å². The summed E-state index contributed by atoms with van der Waals surface area (Å²) in [6.07, 6.45) is 0.638. The highest BCUT2D eigenvalue weighted by Gasteiger charge is 2.18. The third kappa shape index (κ3) is 4.14. The molecule has 2 aromatic carbocycles. The molecule has 0 spiro atoms. The summed E-state index contributed by atoms with van der Waals surface area (Å²) in [5.41, 5.74) is 0.878. The second kappa shape index (κ2) is 7.00. The molecule has 2 nitrogen and oxygen atoms in total. The van der Waals surface area contributed by atoms with Gasteiger partial charge in [-0.2, -0.15) is 0 Å². The Labute approximate surface area is 117 Å². The number of carboxylic acid groups (broad SMARTS) is 1. The Hall–Kier alpha value is -1.74. The molecule has 0 aliphatic heterocycles. The molecular formula is C16H16O2S. The molecule has 3 heteroatoms. The minimum absolute atomic E-state index is 0.419. The average molecular weight is 272 g/mol. The Balaban J connectivity index is 1.94. The van der Waals surface area contributed by atoms with Gasteiger partial charge in [-0.15, -0.1) is 11.8 Å². The molecule has 1 unspecified atom stereocenters. The Kier molecular flexibility index (Phi) is 5.04. The number of carbonyl (C=O) groups is 1. The second-order valence-corrected chi connectivity index (χ2v) is 5.42. The Morgan fingerprint density at radius 1 is 1.00 bits per heavy atom. The van der Waals surface area contributed by atoms with E-state index < -0.39 is 11.9 Å². The molecule has 0 aliphatic carbocycles. The highest BCUT2D eigenvalue weighted by atomic mass is 32.2. The van der Waals surface area contributed by atoms with Gasteiger partial charge in [-0.3, -0.25) is 4.79 Å². The third-order valence-electron chi connectivity index (χ3n) is 2.92. The summed E-state index contributed by atoms with van der Waals surface area (Å²) in [6, 6.07) is 19.5. The van der Waals surface area contributed by atoms with Crippen LogP contribution in [0.25, 0.3) is 0 Å². The number of rotatable bonds is 6. The molecule has 1 N–H and O–H groups in total. The van der Waals surface area contributed by atoms with Crippen LogP contribution < -0.4 is 0 Å². The van der Waals surface area contributed by atoms with Crippen molar-refractivity contribution in [1.82, 2.24) is 0 Å². The Morgan fingerprint density at radius 3 is 2.16 bits per heavy atom. The zero-order valence-corrected chi connectivity index (χ0v) is 11.3. The first-order chi connectivity index (χ1) is 9.27. The van der Waals surface area contributed by atoms with Gasteiger partial charge >= 0.3 is 5.97 Å². The SMILES string of the molecule is O=C(O)C(CCSc1ccccc1)c1ccccc1. The molecule has 0 heterocycles. The molecule has 0 bridgehead atoms. The fourth-order valence-corrected chi connectivity index (χ4v) is 2.87. The standard InChI is InChI=1S/C16H16O2S/c17-16(18)15(13-7-3-1-4-8-13)11-12-19-14-9-5-2-6-10-14/h1-10,15H,11-12H2,(H,17,18). The van der Waals surface area contributed by atoms with Crippen molar-refractivity contribution in [2.24, 2.45) is 0 Å². The first-order valence-corrected chi connectivity index (χ1v) is 7.21. The van der Waals surface area contributed by atoms with Crippen molar-refractivity contribution >= 4 is 17.7 Å². The van der Waals surface area contributed by atoms with E-state index >= 15 is 0 Å². The van der Waals surface area contributed by atoms with E-state index in [0.717, 1.165) is 11.3 Å². The molecule has 0 saturated heterocycles. The zero-order chi connectivity index (χ0) is 13.5. The molecule has 2 rings (SSSR count). The molecule has 0 radical (unpaired) electrons. The van der Waals surface area contributed by atoms with Crippen LogP contribution in [0.4, 0.5) is 0 Å². The summed E-state index contributed by atoms with van der Waals surface area (Å²) < 4.78 is 0. The summed E-state index contributed by atoms with van der Waals surface area (Å²) in [6.45, 7) is 0. The van der Waals surface area contributed by atoms with Gasteiger partial charge in [0.1, 0.15) is 0 Å². The highest BCUT2D eigenvalue weighted by Crippen LogP contribution is 2.25. The maximum atomic E-state index is 11.3. The Bertz CT molecular complexity index is 511. The van der Waals surface area contributed by atoms with Gasteiger partial charge in [0.2, 0.25) is 0 Å². The van der Waals surface area contributed by atoms with Crippen molar-refractivity contribution < 1.29 is 9.90 Å². The summed E-state index contributed by atoms with van der Waals surface area (Å²) in [5.74, 6) is -0.368. The smallest absolute Gasteiger partial charge is 0.311 e. The van der Waals surface area contributed by atoms with E-state index in [-0.39, 0.29) is 0 Å². The number of aliphatic carboxylic acids is 1. The minimum Gasteiger partial charge on any atom is -0.481 e. The largest absolute Gasteiger partial charge is 0.481 e. The van der Waals surface area contributed by atoms with Gasteiger partial charge in [-0.1, -0.05) is 48.5 Å². The lowest BCUT2D eigenvalue weighted by molar-refractivity contribution is -0.138. The fraction of sp³-hybridized carbons (Fsp3) is 0.188. The number of hydrogen-bond donors (Lipinski definition) is 1. The van der Waals surface area contributed by atoms with E-state index in [1.807, 2.05) is 60.7 Å². The minimum atomic E-state index is -0.750. The van der Waals surface area contributed by atoms with Crippen molar-refractivity contribution in [3.05, 3.63) is 66.2 Å². The van der Waals surface area contributed by atoms with Gasteiger partial charge in [0.25, 0.3) is 0 Å². The fourth-order valence-electron chi connectivity index (χ4n) is 1.93. The van der Waals surface area contributed by atoms with Crippen molar-refractivity contribution in [2.45, 2.75) is 17.2 Å². The van der Waals surface area contributed by atoms with Crippen LogP contribution in [-0.2, 0) is 4.79 Å². The van der Waals surface area contributed by atoms with E-state index in [9.17, 15) is 9.90 Å². The van der Waals surface area contributed by atoms with Crippen LogP contribution in [0.15, 0.2) is 65.6 Å². The van der Waals surface area contributed by atoms with Crippen molar-refractivity contribution in [2.75, 3.05) is 5.75 Å². The van der Waals surface area contributed by atoms with E-state index in [2.05, 4.69) is 0 Å². The van der Waals surface area contributed by atoms with Crippen LogP contribution in [0.2, 0.25) is 0 Å². The maximum Gasteiger partial charge on any atom is 0.311 e. The maximum absolute atomic E-state index is 11.3. The summed E-state index contributed by atoms with van der Waals surface area (Å²) in [4.78, 5) is 12.5.